The fourth-order valence-electron chi connectivity index (χ4n) is 2.96. The van der Waals surface area contributed by atoms with Gasteiger partial charge in [-0.05, 0) is 25.7 Å². The summed E-state index contributed by atoms with van der Waals surface area (Å²) in [6, 6.07) is 0.455. The molecule has 22 heavy (non-hydrogen) atoms. The highest BCUT2D eigenvalue weighted by atomic mass is 16.5. The first-order chi connectivity index (χ1) is 10.8. The standard InChI is InChI=1S/C15H23N5O2/c1-2-14-18-15(22-19-14)11-3-5-12(6-4-11)17-13-9-16-20(10-13)7-8-21/h9-12,17,21H,2-8H2,1H3. The summed E-state index contributed by atoms with van der Waals surface area (Å²) in [5.74, 6) is 1.99. The fourth-order valence-corrected chi connectivity index (χ4v) is 2.96. The van der Waals surface area contributed by atoms with Gasteiger partial charge in [-0.2, -0.15) is 10.1 Å². The van der Waals surface area contributed by atoms with Gasteiger partial charge >= 0.3 is 0 Å². The monoisotopic (exact) mass is 305 g/mol. The van der Waals surface area contributed by atoms with Crippen LogP contribution in [-0.4, -0.2) is 37.7 Å². The molecule has 2 aromatic rings. The van der Waals surface area contributed by atoms with Crippen molar-refractivity contribution >= 4 is 5.69 Å². The highest BCUT2D eigenvalue weighted by Gasteiger charge is 2.26. The molecule has 0 radical (unpaired) electrons. The van der Waals surface area contributed by atoms with Crippen LogP contribution in [0.2, 0.25) is 0 Å². The van der Waals surface area contributed by atoms with E-state index in [1.165, 1.54) is 0 Å². The molecule has 0 spiro atoms. The lowest BCUT2D eigenvalue weighted by Crippen LogP contribution is -2.25. The molecule has 0 aliphatic heterocycles. The maximum absolute atomic E-state index is 8.91. The lowest BCUT2D eigenvalue weighted by molar-refractivity contribution is 0.269. The van der Waals surface area contributed by atoms with Gasteiger partial charge in [0.25, 0.3) is 0 Å². The molecule has 120 valence electrons. The second kappa shape index (κ2) is 6.91. The summed E-state index contributed by atoms with van der Waals surface area (Å²) in [6.07, 6.45) is 8.86. The Bertz CT molecular complexity index is 586. The molecule has 0 saturated heterocycles. The number of anilines is 1. The predicted molar refractivity (Wildman–Crippen MR) is 81.6 cm³/mol. The third-order valence-corrected chi connectivity index (χ3v) is 4.21. The van der Waals surface area contributed by atoms with Gasteiger partial charge in [0.15, 0.2) is 5.82 Å². The lowest BCUT2D eigenvalue weighted by atomic mass is 9.86. The van der Waals surface area contributed by atoms with Crippen molar-refractivity contribution in [3.63, 3.8) is 0 Å². The third-order valence-electron chi connectivity index (χ3n) is 4.21. The van der Waals surface area contributed by atoms with Gasteiger partial charge in [0.1, 0.15) is 0 Å². The van der Waals surface area contributed by atoms with E-state index in [0.717, 1.165) is 49.5 Å². The number of nitrogens with zero attached hydrogens (tertiary/aromatic N) is 4. The maximum atomic E-state index is 8.91. The highest BCUT2D eigenvalue weighted by molar-refractivity contribution is 5.39. The van der Waals surface area contributed by atoms with Crippen LogP contribution < -0.4 is 5.32 Å². The summed E-state index contributed by atoms with van der Waals surface area (Å²) in [6.45, 7) is 2.67. The average Bonchev–Trinajstić information content (AvgIpc) is 3.18. The van der Waals surface area contributed by atoms with Crippen molar-refractivity contribution < 1.29 is 9.63 Å². The van der Waals surface area contributed by atoms with Crippen molar-refractivity contribution in [2.24, 2.45) is 0 Å². The summed E-state index contributed by atoms with van der Waals surface area (Å²) < 4.78 is 7.11. The van der Waals surface area contributed by atoms with Gasteiger partial charge in [-0.3, -0.25) is 4.68 Å². The van der Waals surface area contributed by atoms with Crippen LogP contribution in [0.25, 0.3) is 0 Å². The van der Waals surface area contributed by atoms with E-state index in [4.69, 9.17) is 9.63 Å². The molecule has 0 bridgehead atoms. The zero-order valence-electron chi connectivity index (χ0n) is 12.9. The van der Waals surface area contributed by atoms with Gasteiger partial charge in [-0.1, -0.05) is 12.1 Å². The van der Waals surface area contributed by atoms with Crippen LogP contribution >= 0.6 is 0 Å². The molecular formula is C15H23N5O2. The zero-order valence-corrected chi connectivity index (χ0v) is 12.9. The van der Waals surface area contributed by atoms with Crippen molar-refractivity contribution in [2.75, 3.05) is 11.9 Å². The molecular weight excluding hydrogens is 282 g/mol. The Kier molecular flexibility index (Phi) is 4.72. The fraction of sp³-hybridized carbons (Fsp3) is 0.667. The SMILES string of the molecule is CCc1noc(C2CCC(Nc3cnn(CCO)c3)CC2)n1. The number of aryl methyl sites for hydroxylation is 1. The van der Waals surface area contributed by atoms with E-state index in [1.54, 1.807) is 4.68 Å². The van der Waals surface area contributed by atoms with Gasteiger partial charge in [0.05, 0.1) is 25.0 Å². The van der Waals surface area contributed by atoms with Crippen LogP contribution in [0.1, 0.15) is 50.2 Å². The summed E-state index contributed by atoms with van der Waals surface area (Å²) in [7, 11) is 0. The number of aromatic nitrogens is 4. The van der Waals surface area contributed by atoms with Crippen molar-refractivity contribution in [3.8, 4) is 0 Å². The summed E-state index contributed by atoms with van der Waals surface area (Å²) in [5, 5.41) is 20.6. The summed E-state index contributed by atoms with van der Waals surface area (Å²) in [4.78, 5) is 4.45. The lowest BCUT2D eigenvalue weighted by Gasteiger charge is -2.27. The Morgan fingerprint density at radius 2 is 2.18 bits per heavy atom. The number of rotatable bonds is 6. The minimum atomic E-state index is 0.107. The van der Waals surface area contributed by atoms with Crippen LogP contribution in [0, 0.1) is 0 Å². The molecule has 2 aromatic heterocycles. The number of nitrogens with one attached hydrogen (secondary N) is 1. The van der Waals surface area contributed by atoms with Crippen LogP contribution in [0.15, 0.2) is 16.9 Å². The molecule has 2 heterocycles. The minimum Gasteiger partial charge on any atom is -0.394 e. The molecule has 7 heteroatoms. The number of aliphatic hydroxyl groups excluding tert-OH is 1. The van der Waals surface area contributed by atoms with Crippen LogP contribution in [0.5, 0.6) is 0 Å². The molecule has 0 aromatic carbocycles. The molecule has 1 aliphatic rings. The average molecular weight is 305 g/mol. The van der Waals surface area contributed by atoms with E-state index < -0.39 is 0 Å². The second-order valence-electron chi connectivity index (χ2n) is 5.81. The van der Waals surface area contributed by atoms with E-state index >= 15 is 0 Å². The molecule has 0 unspecified atom stereocenters. The van der Waals surface area contributed by atoms with E-state index in [0.29, 0.717) is 18.5 Å². The molecule has 0 atom stereocenters. The first-order valence-corrected chi connectivity index (χ1v) is 8.00. The Labute approximate surface area is 129 Å². The summed E-state index contributed by atoms with van der Waals surface area (Å²) in [5.41, 5.74) is 1.02. The van der Waals surface area contributed by atoms with Gasteiger partial charge in [0, 0.05) is 24.6 Å². The van der Waals surface area contributed by atoms with Gasteiger partial charge in [-0.15, -0.1) is 0 Å². The predicted octanol–water partition coefficient (Wildman–Crippen LogP) is 1.96. The smallest absolute Gasteiger partial charge is 0.229 e. The van der Waals surface area contributed by atoms with Crippen LogP contribution in [0.4, 0.5) is 5.69 Å². The molecule has 1 aliphatic carbocycles. The molecule has 0 amide bonds. The van der Waals surface area contributed by atoms with Crippen LogP contribution in [0.3, 0.4) is 0 Å². The highest BCUT2D eigenvalue weighted by Crippen LogP contribution is 2.33. The Morgan fingerprint density at radius 3 is 2.86 bits per heavy atom. The number of aliphatic hydroxyl groups is 1. The zero-order chi connectivity index (χ0) is 15.4. The quantitative estimate of drug-likeness (QED) is 0.848. The topological polar surface area (TPSA) is 89.0 Å². The molecule has 7 nitrogen and oxygen atoms in total. The van der Waals surface area contributed by atoms with Gasteiger partial charge in [-0.25, -0.2) is 0 Å². The van der Waals surface area contributed by atoms with Crippen molar-refractivity contribution in [1.82, 2.24) is 19.9 Å². The summed E-state index contributed by atoms with van der Waals surface area (Å²) >= 11 is 0. The van der Waals surface area contributed by atoms with Crippen molar-refractivity contribution in [3.05, 3.63) is 24.1 Å². The van der Waals surface area contributed by atoms with Crippen molar-refractivity contribution in [1.29, 1.82) is 0 Å². The maximum Gasteiger partial charge on any atom is 0.229 e. The van der Waals surface area contributed by atoms with E-state index in [2.05, 4.69) is 20.6 Å². The largest absolute Gasteiger partial charge is 0.394 e. The Balaban J connectivity index is 1.50. The number of hydrogen-bond acceptors (Lipinski definition) is 6. The second-order valence-corrected chi connectivity index (χ2v) is 5.81. The van der Waals surface area contributed by atoms with Crippen LogP contribution in [-0.2, 0) is 13.0 Å². The van der Waals surface area contributed by atoms with E-state index in [9.17, 15) is 0 Å². The first-order valence-electron chi connectivity index (χ1n) is 8.00. The molecule has 2 N–H and O–H groups in total. The first kappa shape index (κ1) is 15.0. The van der Waals surface area contributed by atoms with Crippen molar-refractivity contribution in [2.45, 2.75) is 57.5 Å². The minimum absolute atomic E-state index is 0.107. The van der Waals surface area contributed by atoms with Gasteiger partial charge < -0.3 is 14.9 Å². The van der Waals surface area contributed by atoms with Gasteiger partial charge in [0.2, 0.25) is 5.89 Å². The third kappa shape index (κ3) is 3.47. The normalized spacial score (nSPS) is 21.9. The molecule has 1 saturated carbocycles. The van der Waals surface area contributed by atoms with E-state index in [-0.39, 0.29) is 6.61 Å². The Hall–Kier alpha value is -1.89. The number of hydrogen-bond donors (Lipinski definition) is 2. The van der Waals surface area contributed by atoms with E-state index in [1.807, 2.05) is 19.3 Å². The molecule has 1 fully saturated rings. The molecule has 3 rings (SSSR count). The Morgan fingerprint density at radius 1 is 1.36 bits per heavy atom.